The zero-order valence-corrected chi connectivity index (χ0v) is 20.0. The van der Waals surface area contributed by atoms with Gasteiger partial charge in [-0.15, -0.1) is 0 Å². The second-order valence-electron chi connectivity index (χ2n) is 8.97. The van der Waals surface area contributed by atoms with Crippen LogP contribution in [0, 0.1) is 26.7 Å². The molecule has 168 valence electrons. The van der Waals surface area contributed by atoms with Gasteiger partial charge in [0, 0.05) is 36.1 Å². The van der Waals surface area contributed by atoms with E-state index in [4.69, 9.17) is 0 Å². The van der Waals surface area contributed by atoms with Crippen molar-refractivity contribution in [2.45, 2.75) is 66.8 Å². The average molecular weight is 432 g/mol. The van der Waals surface area contributed by atoms with Crippen LogP contribution in [0.4, 0.5) is 5.69 Å². The summed E-state index contributed by atoms with van der Waals surface area (Å²) >= 11 is 0. The molecule has 0 saturated heterocycles. The van der Waals surface area contributed by atoms with E-state index in [1.54, 1.807) is 0 Å². The van der Waals surface area contributed by atoms with Crippen LogP contribution in [-0.4, -0.2) is 22.8 Å². The van der Waals surface area contributed by atoms with Gasteiger partial charge in [-0.25, -0.2) is 0 Å². The van der Waals surface area contributed by atoms with Gasteiger partial charge in [0.05, 0.1) is 11.4 Å². The first kappa shape index (κ1) is 22.1. The predicted molar refractivity (Wildman–Crippen MR) is 129 cm³/mol. The fourth-order valence-corrected chi connectivity index (χ4v) is 5.24. The molecule has 2 heterocycles. The molecule has 1 aromatic carbocycles. The first-order valence-corrected chi connectivity index (χ1v) is 11.6. The second kappa shape index (κ2) is 8.45. The molecule has 1 aliphatic carbocycles. The lowest BCUT2D eigenvalue weighted by molar-refractivity contribution is -0.141. The van der Waals surface area contributed by atoms with E-state index in [9.17, 15) is 9.59 Å². The monoisotopic (exact) mass is 431 g/mol. The minimum Gasteiger partial charge on any atom is -0.365 e. The quantitative estimate of drug-likeness (QED) is 0.716. The van der Waals surface area contributed by atoms with Crippen LogP contribution in [0.2, 0.25) is 0 Å². The van der Waals surface area contributed by atoms with Crippen LogP contribution < -0.4 is 10.2 Å². The highest BCUT2D eigenvalue weighted by molar-refractivity contribution is 5.98. The van der Waals surface area contributed by atoms with Crippen LogP contribution in [0.5, 0.6) is 0 Å². The van der Waals surface area contributed by atoms with Crippen LogP contribution in [0.1, 0.15) is 56.7 Å². The summed E-state index contributed by atoms with van der Waals surface area (Å²) in [5, 5.41) is 3.66. The number of imide groups is 1. The standard InChI is InChI=1S/C27H33N3O2/c1-7-23(31)29(24(32)8-2)22-15-19(6)28-27-25(22)20-11-9-10-12-21(20)30(27)26-17(4)13-16(3)14-18(26)5/h9-10,12-15,19-20,28H,7-8,11H2,1-6H3. The molecule has 3 aliphatic rings. The van der Waals surface area contributed by atoms with E-state index in [2.05, 4.69) is 68.3 Å². The van der Waals surface area contributed by atoms with Gasteiger partial charge in [-0.2, -0.15) is 0 Å². The van der Waals surface area contributed by atoms with Crippen LogP contribution in [0.3, 0.4) is 0 Å². The number of hydrogen-bond acceptors (Lipinski definition) is 4. The van der Waals surface area contributed by atoms with Crippen molar-refractivity contribution >= 4 is 17.5 Å². The van der Waals surface area contributed by atoms with Gasteiger partial charge in [-0.1, -0.05) is 43.7 Å². The molecule has 2 aliphatic heterocycles. The van der Waals surface area contributed by atoms with E-state index >= 15 is 0 Å². The number of benzene rings is 1. The summed E-state index contributed by atoms with van der Waals surface area (Å²) in [6.07, 6.45) is 9.90. The zero-order valence-electron chi connectivity index (χ0n) is 20.0. The molecule has 1 aromatic rings. The number of amides is 2. The van der Waals surface area contributed by atoms with Gasteiger partial charge in [0.1, 0.15) is 5.82 Å². The molecule has 32 heavy (non-hydrogen) atoms. The Morgan fingerprint density at radius 3 is 2.31 bits per heavy atom. The fraction of sp³-hybridized carbons (Fsp3) is 0.407. The Hall–Kier alpha value is -3.08. The Balaban J connectivity index is 1.95. The summed E-state index contributed by atoms with van der Waals surface area (Å²) in [7, 11) is 0. The largest absolute Gasteiger partial charge is 0.365 e. The van der Waals surface area contributed by atoms with E-state index in [0.717, 1.165) is 23.5 Å². The summed E-state index contributed by atoms with van der Waals surface area (Å²) in [6, 6.07) is 4.42. The SMILES string of the molecule is CCC(=O)N(C(=O)CC)C1=CC(C)NC2=C1C1CC=CC=C1N2c1c(C)cc(C)cc1C. The highest BCUT2D eigenvalue weighted by atomic mass is 16.2. The maximum atomic E-state index is 12.9. The molecular formula is C27H33N3O2. The lowest BCUT2D eigenvalue weighted by Gasteiger charge is -2.33. The number of carbonyl (C=O) groups is 2. The smallest absolute Gasteiger partial charge is 0.233 e. The molecule has 4 rings (SSSR count). The van der Waals surface area contributed by atoms with Crippen LogP contribution >= 0.6 is 0 Å². The Labute approximate surface area is 191 Å². The zero-order chi connectivity index (χ0) is 23.2. The summed E-state index contributed by atoms with van der Waals surface area (Å²) in [5.41, 5.74) is 7.81. The van der Waals surface area contributed by atoms with Gasteiger partial charge in [0.2, 0.25) is 11.8 Å². The van der Waals surface area contributed by atoms with Gasteiger partial charge < -0.3 is 5.32 Å². The third-order valence-corrected chi connectivity index (χ3v) is 6.47. The Bertz CT molecular complexity index is 1070. The molecule has 0 spiro atoms. The first-order valence-electron chi connectivity index (χ1n) is 11.6. The lowest BCUT2D eigenvalue weighted by atomic mass is 9.87. The number of dihydropyridines is 1. The molecule has 2 unspecified atom stereocenters. The number of nitrogens with one attached hydrogen (secondary N) is 1. The minimum atomic E-state index is -0.151. The van der Waals surface area contributed by atoms with Gasteiger partial charge in [-0.05, 0) is 57.4 Å². The molecule has 2 atom stereocenters. The van der Waals surface area contributed by atoms with Crippen molar-refractivity contribution in [1.29, 1.82) is 0 Å². The number of fused-ring (bicyclic) bond motifs is 2. The Morgan fingerprint density at radius 2 is 1.72 bits per heavy atom. The second-order valence-corrected chi connectivity index (χ2v) is 8.97. The summed E-state index contributed by atoms with van der Waals surface area (Å²) in [6.45, 7) is 12.1. The average Bonchev–Trinajstić information content (AvgIpc) is 3.07. The molecule has 0 aromatic heterocycles. The number of rotatable bonds is 4. The number of allylic oxidation sites excluding steroid dienone is 5. The number of carbonyl (C=O) groups excluding carboxylic acids is 2. The molecule has 0 radical (unpaired) electrons. The van der Waals surface area contributed by atoms with Crippen molar-refractivity contribution in [2.24, 2.45) is 5.92 Å². The molecule has 1 N–H and O–H groups in total. The number of nitrogens with zero attached hydrogens (tertiary/aromatic N) is 2. The van der Waals surface area contributed by atoms with E-state index in [-0.39, 0.29) is 23.8 Å². The normalized spacial score (nSPS) is 21.5. The van der Waals surface area contributed by atoms with Gasteiger partial charge in [0.25, 0.3) is 0 Å². The lowest BCUT2D eigenvalue weighted by Crippen LogP contribution is -2.42. The highest BCUT2D eigenvalue weighted by Crippen LogP contribution is 2.49. The van der Waals surface area contributed by atoms with Crippen LogP contribution in [0.15, 0.2) is 59.2 Å². The molecular weight excluding hydrogens is 398 g/mol. The maximum absolute atomic E-state index is 12.9. The molecule has 0 saturated carbocycles. The molecule has 0 bridgehead atoms. The third-order valence-electron chi connectivity index (χ3n) is 6.47. The van der Waals surface area contributed by atoms with Gasteiger partial charge >= 0.3 is 0 Å². The Kier molecular flexibility index (Phi) is 5.85. The van der Waals surface area contributed by atoms with E-state index in [1.165, 1.54) is 33.0 Å². The predicted octanol–water partition coefficient (Wildman–Crippen LogP) is 5.15. The van der Waals surface area contributed by atoms with E-state index in [1.807, 2.05) is 19.9 Å². The molecule has 0 fully saturated rings. The van der Waals surface area contributed by atoms with Crippen molar-refractivity contribution in [3.05, 3.63) is 75.9 Å². The minimum absolute atomic E-state index is 0.0113. The Morgan fingerprint density at radius 1 is 1.09 bits per heavy atom. The van der Waals surface area contributed by atoms with E-state index < -0.39 is 0 Å². The summed E-state index contributed by atoms with van der Waals surface area (Å²) < 4.78 is 0. The third kappa shape index (κ3) is 3.50. The van der Waals surface area contributed by atoms with Crippen molar-refractivity contribution in [3.8, 4) is 0 Å². The van der Waals surface area contributed by atoms with Crippen molar-refractivity contribution < 1.29 is 9.59 Å². The van der Waals surface area contributed by atoms with Crippen molar-refractivity contribution in [1.82, 2.24) is 10.2 Å². The number of hydrogen-bond donors (Lipinski definition) is 1. The molecule has 5 nitrogen and oxygen atoms in total. The number of aryl methyl sites for hydroxylation is 3. The first-order chi connectivity index (χ1) is 15.3. The number of anilines is 1. The fourth-order valence-electron chi connectivity index (χ4n) is 5.24. The van der Waals surface area contributed by atoms with Crippen molar-refractivity contribution in [3.63, 3.8) is 0 Å². The molecule has 2 amide bonds. The van der Waals surface area contributed by atoms with Crippen molar-refractivity contribution in [2.75, 3.05) is 4.90 Å². The highest BCUT2D eigenvalue weighted by Gasteiger charge is 2.44. The maximum Gasteiger partial charge on any atom is 0.233 e. The van der Waals surface area contributed by atoms with Crippen LogP contribution in [0.25, 0.3) is 0 Å². The molecule has 5 heteroatoms. The topological polar surface area (TPSA) is 52.7 Å². The summed E-state index contributed by atoms with van der Waals surface area (Å²) in [5.74, 6) is 0.783. The van der Waals surface area contributed by atoms with E-state index in [0.29, 0.717) is 12.8 Å². The van der Waals surface area contributed by atoms with Gasteiger partial charge in [0.15, 0.2) is 0 Å². The summed E-state index contributed by atoms with van der Waals surface area (Å²) in [4.78, 5) is 29.6. The van der Waals surface area contributed by atoms with Gasteiger partial charge in [-0.3, -0.25) is 19.4 Å². The van der Waals surface area contributed by atoms with Crippen LogP contribution in [-0.2, 0) is 9.59 Å².